The molecule has 54 heavy (non-hydrogen) atoms. The Labute approximate surface area is 320 Å². The van der Waals surface area contributed by atoms with E-state index >= 15 is 0 Å². The van der Waals surface area contributed by atoms with Crippen LogP contribution in [0.25, 0.3) is 0 Å². The maximum Gasteiger partial charge on any atom is 0.316 e. The molecule has 0 spiro atoms. The Morgan fingerprint density at radius 3 is 2.46 bits per heavy atom. The molecule has 1 aromatic rings. The molecule has 0 aliphatic carbocycles. The second-order valence-corrected chi connectivity index (χ2v) is 16.5. The lowest BCUT2D eigenvalue weighted by atomic mass is 9.76. The number of nitrogens with two attached hydrogens (primary N) is 1. The average molecular weight is 783 g/mol. The summed E-state index contributed by atoms with van der Waals surface area (Å²) in [6.45, 7) is 12.7. The summed E-state index contributed by atoms with van der Waals surface area (Å²) in [6, 6.07) is -0.321. The third-order valence-corrected chi connectivity index (χ3v) is 11.4. The molecule has 12 atom stereocenters. The topological polar surface area (TPSA) is 227 Å². The maximum absolute atomic E-state index is 14.4. The van der Waals surface area contributed by atoms with E-state index in [2.05, 4.69) is 20.3 Å². The second-order valence-electron chi connectivity index (χ2n) is 15.4. The summed E-state index contributed by atoms with van der Waals surface area (Å²) >= 11 is 1.14. The van der Waals surface area contributed by atoms with Crippen molar-refractivity contribution in [1.29, 1.82) is 0 Å². The zero-order valence-corrected chi connectivity index (χ0v) is 33.8. The highest BCUT2D eigenvalue weighted by molar-refractivity contribution is 7.15. The molecule has 0 radical (unpaired) electrons. The van der Waals surface area contributed by atoms with Crippen LogP contribution in [0, 0.1) is 17.8 Å². The van der Waals surface area contributed by atoms with Crippen molar-refractivity contribution in [1.82, 2.24) is 15.1 Å². The molecule has 18 heteroatoms. The van der Waals surface area contributed by atoms with Gasteiger partial charge in [-0.3, -0.25) is 14.4 Å². The lowest BCUT2D eigenvalue weighted by Crippen LogP contribution is -2.59. The van der Waals surface area contributed by atoms with Crippen LogP contribution in [0.4, 0.5) is 5.13 Å². The van der Waals surface area contributed by atoms with Gasteiger partial charge in [0.25, 0.3) is 0 Å². The van der Waals surface area contributed by atoms with Crippen LogP contribution in [0.2, 0.25) is 0 Å². The molecule has 0 saturated carbocycles. The smallest absolute Gasteiger partial charge is 0.316 e. The van der Waals surface area contributed by atoms with Gasteiger partial charge in [-0.05, 0) is 67.0 Å². The van der Waals surface area contributed by atoms with Crippen LogP contribution in [0.15, 0.2) is 10.1 Å². The number of cyclic esters (lactones) is 1. The number of aliphatic hydroxyl groups is 2. The van der Waals surface area contributed by atoms with E-state index < -0.39 is 77.3 Å². The molecular weight excluding hydrogens is 724 g/mol. The van der Waals surface area contributed by atoms with Crippen molar-refractivity contribution in [2.24, 2.45) is 27.9 Å². The van der Waals surface area contributed by atoms with E-state index in [1.807, 2.05) is 32.8 Å². The summed E-state index contributed by atoms with van der Waals surface area (Å²) in [5.41, 5.74) is 3.18. The van der Waals surface area contributed by atoms with Gasteiger partial charge in [0, 0.05) is 31.0 Å². The molecule has 3 aliphatic heterocycles. The normalized spacial score (nSPS) is 39.1. The number of esters is 1. The number of aliphatic hydroxyl groups excluding tert-OH is 1. The number of rotatable bonds is 7. The number of hydrogen-bond donors (Lipinski definition) is 3. The van der Waals surface area contributed by atoms with Crippen molar-refractivity contribution in [3.8, 4) is 0 Å². The van der Waals surface area contributed by atoms with E-state index in [9.17, 15) is 24.6 Å². The third-order valence-electron chi connectivity index (χ3n) is 10.6. The summed E-state index contributed by atoms with van der Waals surface area (Å²) in [4.78, 5) is 52.6. The SMILES string of the molecule is CC[C@@H]1OC(=O)[C@H](C)C(=O)[C@H](C)[C@@H](O[C@@H]2O[C@H](C)C[C@H](N(C)C)[C@H]2O)[C@@]2(C)C[C@@H](C)C(=NC(C)=O)C[C@H](OC/C(=N/OCc3nnc(N)s3)CO2)[C@]1(C)O. The van der Waals surface area contributed by atoms with E-state index in [0.29, 0.717) is 17.1 Å². The van der Waals surface area contributed by atoms with Crippen molar-refractivity contribution in [3.05, 3.63) is 5.01 Å². The Morgan fingerprint density at radius 1 is 1.15 bits per heavy atom. The summed E-state index contributed by atoms with van der Waals surface area (Å²) < 4.78 is 31.9. The van der Waals surface area contributed by atoms with Gasteiger partial charge in [0.05, 0.1) is 37.1 Å². The van der Waals surface area contributed by atoms with Crippen LogP contribution in [0.3, 0.4) is 0 Å². The summed E-state index contributed by atoms with van der Waals surface area (Å²) in [5, 5.41) is 36.6. The van der Waals surface area contributed by atoms with Crippen molar-refractivity contribution in [3.63, 3.8) is 0 Å². The molecule has 4 N–H and O–H groups in total. The third kappa shape index (κ3) is 10.5. The average Bonchev–Trinajstić information content (AvgIpc) is 3.51. The van der Waals surface area contributed by atoms with Gasteiger partial charge in [-0.25, -0.2) is 4.99 Å². The summed E-state index contributed by atoms with van der Waals surface area (Å²) in [7, 11) is 3.71. The number of anilines is 1. The highest BCUT2D eigenvalue weighted by Crippen LogP contribution is 2.39. The van der Waals surface area contributed by atoms with Crippen LogP contribution in [0.5, 0.6) is 0 Å². The number of hydrogen-bond acceptors (Lipinski definition) is 17. The molecule has 3 fully saturated rings. The Hall–Kier alpha value is -2.97. The van der Waals surface area contributed by atoms with Crippen molar-refractivity contribution >= 4 is 45.6 Å². The van der Waals surface area contributed by atoms with Crippen LogP contribution in [-0.4, -0.2) is 136 Å². The molecule has 3 saturated heterocycles. The number of nitrogens with zero attached hydrogens (tertiary/aromatic N) is 5. The minimum Gasteiger partial charge on any atom is -0.459 e. The van der Waals surface area contributed by atoms with Gasteiger partial charge in [0.1, 0.15) is 29.4 Å². The first-order chi connectivity index (χ1) is 25.3. The zero-order chi connectivity index (χ0) is 40.1. The van der Waals surface area contributed by atoms with E-state index in [-0.39, 0.29) is 62.1 Å². The standard InChI is InChI=1S/C36H58N6O11S/c1-11-26-36(8,47)27-13-24(38-22(6)43)18(2)14-35(7,49-16-23(15-48-27)41-50-17-28-39-40-34(37)54-28)31(20(4)29(44)21(5)32(46)52-26)53-33-30(45)25(42(9)10)12-19(3)51-33/h18-21,25-27,30-31,33,45,47H,11-17H2,1-10H3,(H2,37,40)/b38-24?,41-23-/t18-,19-,20+,21-,25+,26+,27+,30-,31-,33+,35-,36-/m1/s1. The molecular formula is C36H58N6O11S. The van der Waals surface area contributed by atoms with Crippen molar-refractivity contribution < 1.29 is 53.1 Å². The predicted molar refractivity (Wildman–Crippen MR) is 199 cm³/mol. The van der Waals surface area contributed by atoms with Gasteiger partial charge in [0.2, 0.25) is 11.0 Å². The van der Waals surface area contributed by atoms with Gasteiger partial charge in [-0.2, -0.15) is 0 Å². The number of fused-ring (bicyclic) bond motifs is 5. The lowest BCUT2D eigenvalue weighted by Gasteiger charge is -2.47. The number of Topliss-reactive ketones (excluding diaryl/α,β-unsaturated/α-hetero) is 1. The van der Waals surface area contributed by atoms with Gasteiger partial charge in [0.15, 0.2) is 23.7 Å². The number of aliphatic imine (C=N–C) groups is 1. The summed E-state index contributed by atoms with van der Waals surface area (Å²) in [6.07, 6.45) is -5.09. The second kappa shape index (κ2) is 18.3. The predicted octanol–water partition coefficient (Wildman–Crippen LogP) is 2.31. The minimum atomic E-state index is -1.83. The maximum atomic E-state index is 14.4. The number of carbonyl (C=O) groups is 3. The van der Waals surface area contributed by atoms with Gasteiger partial charge >= 0.3 is 5.97 Å². The number of carbonyl (C=O) groups excluding carboxylic acids is 3. The number of likely N-dealkylation sites (N-methyl/N-ethyl adjacent to an activating group) is 1. The molecule has 4 heterocycles. The minimum absolute atomic E-state index is 0.0296. The fourth-order valence-electron chi connectivity index (χ4n) is 7.52. The first-order valence-corrected chi connectivity index (χ1v) is 19.3. The molecule has 2 bridgehead atoms. The number of oxime groups is 1. The van der Waals surface area contributed by atoms with Crippen molar-refractivity contribution in [2.45, 2.75) is 142 Å². The monoisotopic (exact) mass is 782 g/mol. The largest absolute Gasteiger partial charge is 0.459 e. The van der Waals surface area contributed by atoms with Crippen LogP contribution in [0.1, 0.15) is 86.1 Å². The molecule has 1 amide bonds. The van der Waals surface area contributed by atoms with Gasteiger partial charge in [-0.1, -0.05) is 37.3 Å². The van der Waals surface area contributed by atoms with E-state index in [1.165, 1.54) is 20.8 Å². The fourth-order valence-corrected chi connectivity index (χ4v) is 8.04. The van der Waals surface area contributed by atoms with E-state index in [4.69, 9.17) is 34.3 Å². The molecule has 4 rings (SSSR count). The van der Waals surface area contributed by atoms with E-state index in [1.54, 1.807) is 20.8 Å². The molecule has 304 valence electrons. The van der Waals surface area contributed by atoms with Gasteiger partial charge in [-0.15, -0.1) is 10.2 Å². The molecule has 3 aliphatic rings. The lowest BCUT2D eigenvalue weighted by molar-refractivity contribution is -0.296. The highest BCUT2D eigenvalue weighted by atomic mass is 32.1. The Kier molecular flexibility index (Phi) is 14.8. The quantitative estimate of drug-likeness (QED) is 0.205. The molecule has 17 nitrogen and oxygen atoms in total. The van der Waals surface area contributed by atoms with Crippen molar-refractivity contribution in [2.75, 3.05) is 33.0 Å². The van der Waals surface area contributed by atoms with Crippen LogP contribution in [-0.2, 0) is 49.5 Å². The fraction of sp³-hybridized carbons (Fsp3) is 0.806. The first-order valence-electron chi connectivity index (χ1n) is 18.5. The Bertz CT molecular complexity index is 1540. The molecule has 0 aromatic carbocycles. The number of nitrogen functional groups attached to an aromatic ring is 1. The number of aromatic nitrogens is 2. The van der Waals surface area contributed by atoms with E-state index in [0.717, 1.165) is 11.3 Å². The Morgan fingerprint density at radius 2 is 1.85 bits per heavy atom. The zero-order valence-electron chi connectivity index (χ0n) is 33.0. The van der Waals surface area contributed by atoms with Crippen LogP contribution >= 0.6 is 11.3 Å². The summed E-state index contributed by atoms with van der Waals surface area (Å²) in [5.74, 6) is -4.59. The highest BCUT2D eigenvalue weighted by Gasteiger charge is 2.51. The Balaban J connectivity index is 1.90. The number of amides is 1. The first kappa shape index (κ1) is 43.8. The number of ether oxygens (including phenoxy) is 5. The van der Waals surface area contributed by atoms with Crippen LogP contribution < -0.4 is 5.73 Å². The number of ketones is 1. The molecule has 1 aromatic heterocycles. The van der Waals surface area contributed by atoms with Gasteiger partial charge < -0.3 is 49.4 Å². The molecule has 0 unspecified atom stereocenters.